The van der Waals surface area contributed by atoms with Crippen molar-refractivity contribution in [3.8, 4) is 5.69 Å². The van der Waals surface area contributed by atoms with Crippen molar-refractivity contribution in [3.05, 3.63) is 92.9 Å². The van der Waals surface area contributed by atoms with Crippen molar-refractivity contribution in [1.29, 1.82) is 0 Å². The quantitative estimate of drug-likeness (QED) is 0.596. The van der Waals surface area contributed by atoms with Gasteiger partial charge >= 0.3 is 6.18 Å². The molecule has 0 aliphatic heterocycles. The normalized spacial score (nSPS) is 11.4. The van der Waals surface area contributed by atoms with Gasteiger partial charge in [0, 0.05) is 24.9 Å². The van der Waals surface area contributed by atoms with E-state index in [0.717, 1.165) is 27.9 Å². The third kappa shape index (κ3) is 5.23. The Balaban J connectivity index is 1.91. The van der Waals surface area contributed by atoms with Gasteiger partial charge in [-0.1, -0.05) is 36.4 Å². The van der Waals surface area contributed by atoms with Crippen LogP contribution < -0.4 is 10.7 Å². The van der Waals surface area contributed by atoms with Gasteiger partial charge in [0.2, 0.25) is 5.43 Å². The number of nitrogens with zero attached hydrogens (tertiary/aromatic N) is 2. The van der Waals surface area contributed by atoms with Crippen molar-refractivity contribution in [2.24, 2.45) is 0 Å². The summed E-state index contributed by atoms with van der Waals surface area (Å²) in [5.74, 6) is -0.778. The van der Waals surface area contributed by atoms with E-state index in [1.807, 2.05) is 31.2 Å². The summed E-state index contributed by atoms with van der Waals surface area (Å²) >= 11 is 0. The summed E-state index contributed by atoms with van der Waals surface area (Å²) in [6.45, 7) is 4.33. The summed E-state index contributed by atoms with van der Waals surface area (Å²) in [5, 5.41) is 6.59. The van der Waals surface area contributed by atoms with Gasteiger partial charge < -0.3 is 10.1 Å². The van der Waals surface area contributed by atoms with E-state index in [1.165, 1.54) is 25.1 Å². The number of alkyl halides is 3. The van der Waals surface area contributed by atoms with Crippen LogP contribution in [0.1, 0.15) is 39.8 Å². The zero-order valence-electron chi connectivity index (χ0n) is 17.6. The fourth-order valence-electron chi connectivity index (χ4n) is 3.19. The van der Waals surface area contributed by atoms with E-state index in [1.54, 1.807) is 0 Å². The molecule has 0 aliphatic carbocycles. The van der Waals surface area contributed by atoms with Crippen LogP contribution in [0, 0.1) is 6.92 Å². The number of benzene rings is 2. The van der Waals surface area contributed by atoms with Crippen LogP contribution in [0.2, 0.25) is 0 Å². The fourth-order valence-corrected chi connectivity index (χ4v) is 3.19. The summed E-state index contributed by atoms with van der Waals surface area (Å²) in [7, 11) is 0. The van der Waals surface area contributed by atoms with Gasteiger partial charge in [-0.2, -0.15) is 18.3 Å². The van der Waals surface area contributed by atoms with Gasteiger partial charge in [0.1, 0.15) is 0 Å². The molecule has 3 aromatic rings. The van der Waals surface area contributed by atoms with Crippen molar-refractivity contribution in [3.63, 3.8) is 0 Å². The lowest BCUT2D eigenvalue weighted by Gasteiger charge is -2.17. The second kappa shape index (κ2) is 9.78. The number of amides is 1. The van der Waals surface area contributed by atoms with Gasteiger partial charge in [-0.3, -0.25) is 9.59 Å². The number of nitrogens with one attached hydrogen (secondary N) is 1. The van der Waals surface area contributed by atoms with Crippen LogP contribution in [0.15, 0.2) is 59.4 Å². The number of hydrogen-bond donors (Lipinski definition) is 1. The number of aromatic nitrogens is 2. The highest BCUT2D eigenvalue weighted by molar-refractivity contribution is 5.92. The SMILES string of the molecule is CCOCc1ccccc1CNC(=O)c1nn(-c2ccccc2C(F)(F)F)c(C)cc1=O. The Kier molecular flexibility index (Phi) is 7.09. The fraction of sp³-hybridized carbons (Fsp3) is 0.261. The Morgan fingerprint density at radius 3 is 2.44 bits per heavy atom. The van der Waals surface area contributed by atoms with E-state index in [9.17, 15) is 22.8 Å². The van der Waals surface area contributed by atoms with Gasteiger partial charge in [-0.25, -0.2) is 4.68 Å². The lowest BCUT2D eigenvalue weighted by molar-refractivity contribution is -0.137. The first-order valence-corrected chi connectivity index (χ1v) is 9.92. The van der Waals surface area contributed by atoms with Crippen LogP contribution in [0.4, 0.5) is 13.2 Å². The first-order valence-electron chi connectivity index (χ1n) is 9.92. The highest BCUT2D eigenvalue weighted by Crippen LogP contribution is 2.33. The molecule has 0 saturated heterocycles. The maximum Gasteiger partial charge on any atom is 0.418 e. The Morgan fingerprint density at radius 1 is 1.09 bits per heavy atom. The van der Waals surface area contributed by atoms with Gasteiger partial charge in [0.15, 0.2) is 5.69 Å². The molecule has 0 spiro atoms. The van der Waals surface area contributed by atoms with Crippen LogP contribution in [0.5, 0.6) is 0 Å². The number of aryl methyl sites for hydroxylation is 1. The molecule has 0 bridgehead atoms. The average Bonchev–Trinajstić information content (AvgIpc) is 2.76. The molecule has 1 amide bonds. The molecule has 0 atom stereocenters. The Morgan fingerprint density at radius 2 is 1.75 bits per heavy atom. The summed E-state index contributed by atoms with van der Waals surface area (Å²) < 4.78 is 46.7. The van der Waals surface area contributed by atoms with E-state index in [0.29, 0.717) is 13.2 Å². The number of halogens is 3. The third-order valence-corrected chi connectivity index (χ3v) is 4.78. The van der Waals surface area contributed by atoms with Gasteiger partial charge in [0.25, 0.3) is 5.91 Å². The monoisotopic (exact) mass is 445 g/mol. The van der Waals surface area contributed by atoms with Crippen molar-refractivity contribution < 1.29 is 22.7 Å². The van der Waals surface area contributed by atoms with Gasteiger partial charge in [0.05, 0.1) is 17.9 Å². The maximum atomic E-state index is 13.4. The molecular weight excluding hydrogens is 423 g/mol. The number of hydrogen-bond acceptors (Lipinski definition) is 4. The number of rotatable bonds is 7. The van der Waals surface area contributed by atoms with E-state index >= 15 is 0 Å². The lowest BCUT2D eigenvalue weighted by atomic mass is 10.1. The van der Waals surface area contributed by atoms with Crippen LogP contribution in [-0.2, 0) is 24.1 Å². The minimum Gasteiger partial charge on any atom is -0.377 e. The molecule has 3 rings (SSSR count). The predicted molar refractivity (Wildman–Crippen MR) is 113 cm³/mol. The molecule has 0 radical (unpaired) electrons. The number of ether oxygens (including phenoxy) is 1. The smallest absolute Gasteiger partial charge is 0.377 e. The van der Waals surface area contributed by atoms with Crippen molar-refractivity contribution in [2.75, 3.05) is 6.61 Å². The van der Waals surface area contributed by atoms with Crippen LogP contribution in [0.25, 0.3) is 5.69 Å². The zero-order chi connectivity index (χ0) is 23.3. The first-order chi connectivity index (χ1) is 15.2. The number of para-hydroxylation sites is 1. The predicted octanol–water partition coefficient (Wildman–Crippen LogP) is 4.03. The molecule has 0 saturated carbocycles. The van der Waals surface area contributed by atoms with Crippen molar-refractivity contribution in [2.45, 2.75) is 33.2 Å². The minimum atomic E-state index is -4.62. The van der Waals surface area contributed by atoms with E-state index < -0.39 is 28.8 Å². The molecule has 0 fully saturated rings. The van der Waals surface area contributed by atoms with Gasteiger partial charge in [-0.05, 0) is 37.1 Å². The molecular formula is C23H22F3N3O3. The molecule has 168 valence electrons. The summed E-state index contributed by atoms with van der Waals surface area (Å²) in [6, 6.07) is 13.3. The Labute approximate surface area is 182 Å². The van der Waals surface area contributed by atoms with Crippen molar-refractivity contribution >= 4 is 5.91 Å². The largest absolute Gasteiger partial charge is 0.418 e. The molecule has 6 nitrogen and oxygen atoms in total. The standard InChI is InChI=1S/C23H22F3N3O3/c1-3-32-14-17-9-5-4-8-16(17)13-27-22(31)21-20(30)12-15(2)29(28-21)19-11-7-6-10-18(19)23(24,25)26/h4-12H,3,13-14H2,1-2H3,(H,27,31). The molecule has 32 heavy (non-hydrogen) atoms. The van der Waals surface area contributed by atoms with Crippen LogP contribution in [0.3, 0.4) is 0 Å². The number of carbonyl (C=O) groups excluding carboxylic acids is 1. The second-order valence-electron chi connectivity index (χ2n) is 7.01. The summed E-state index contributed by atoms with van der Waals surface area (Å²) in [5.41, 5.74) is -0.514. The molecule has 0 unspecified atom stereocenters. The van der Waals surface area contributed by atoms with Crippen LogP contribution in [-0.4, -0.2) is 22.3 Å². The average molecular weight is 445 g/mol. The first kappa shape index (κ1) is 23.2. The van der Waals surface area contributed by atoms with Crippen LogP contribution >= 0.6 is 0 Å². The van der Waals surface area contributed by atoms with Gasteiger partial charge in [-0.15, -0.1) is 0 Å². The highest BCUT2D eigenvalue weighted by atomic mass is 19.4. The third-order valence-electron chi connectivity index (χ3n) is 4.78. The highest BCUT2D eigenvalue weighted by Gasteiger charge is 2.34. The molecule has 9 heteroatoms. The van der Waals surface area contributed by atoms with E-state index in [2.05, 4.69) is 10.4 Å². The molecule has 2 aromatic carbocycles. The molecule has 1 heterocycles. The number of carbonyl (C=O) groups is 1. The summed E-state index contributed by atoms with van der Waals surface area (Å²) in [4.78, 5) is 25.1. The maximum absolute atomic E-state index is 13.4. The zero-order valence-corrected chi connectivity index (χ0v) is 17.6. The lowest BCUT2D eigenvalue weighted by Crippen LogP contribution is -2.32. The summed E-state index contributed by atoms with van der Waals surface area (Å²) in [6.07, 6.45) is -4.62. The molecule has 0 aliphatic rings. The second-order valence-corrected chi connectivity index (χ2v) is 7.01. The minimum absolute atomic E-state index is 0.107. The topological polar surface area (TPSA) is 73.2 Å². The molecule has 1 aromatic heterocycles. The van der Waals surface area contributed by atoms with E-state index in [4.69, 9.17) is 4.74 Å². The van der Waals surface area contributed by atoms with E-state index in [-0.39, 0.29) is 17.9 Å². The van der Waals surface area contributed by atoms with Crippen molar-refractivity contribution in [1.82, 2.24) is 15.1 Å². The molecule has 1 N–H and O–H groups in total. The Hall–Kier alpha value is -3.46. The Bertz CT molecular complexity index is 1170.